The van der Waals surface area contributed by atoms with Gasteiger partial charge in [-0.3, -0.25) is 0 Å². The average molecular weight is 381 g/mol. The minimum absolute atomic E-state index is 0.0357. The lowest BCUT2D eigenvalue weighted by atomic mass is 9.91. The van der Waals surface area contributed by atoms with Gasteiger partial charge in [0.2, 0.25) is 0 Å². The van der Waals surface area contributed by atoms with Crippen LogP contribution in [0.25, 0.3) is 0 Å². The van der Waals surface area contributed by atoms with Gasteiger partial charge in [-0.1, -0.05) is 53.5 Å². The first kappa shape index (κ1) is 18.7. The van der Waals surface area contributed by atoms with Gasteiger partial charge in [0.25, 0.3) is 0 Å². The molecule has 0 aromatic heterocycles. The van der Waals surface area contributed by atoms with Crippen molar-refractivity contribution < 1.29 is 9.13 Å². The van der Waals surface area contributed by atoms with Gasteiger partial charge in [0, 0.05) is 11.6 Å². The van der Waals surface area contributed by atoms with E-state index in [1.54, 1.807) is 0 Å². The minimum Gasteiger partial charge on any atom is -0.376 e. The third kappa shape index (κ3) is 5.18. The summed E-state index contributed by atoms with van der Waals surface area (Å²) in [6, 6.07) is 13.3. The Labute approximate surface area is 158 Å². The largest absolute Gasteiger partial charge is 0.376 e. The van der Waals surface area contributed by atoms with E-state index in [-0.39, 0.29) is 11.1 Å². The van der Waals surface area contributed by atoms with Crippen molar-refractivity contribution in [1.29, 1.82) is 0 Å². The van der Waals surface area contributed by atoms with Crippen LogP contribution < -0.4 is 5.32 Å². The zero-order valence-electron chi connectivity index (χ0n) is 13.9. The van der Waals surface area contributed by atoms with Gasteiger partial charge in [-0.25, -0.2) is 4.39 Å². The molecule has 5 heteroatoms. The second kappa shape index (κ2) is 9.00. The standard InChI is InChI=1S/C20H21Cl2FNO/c21-18-6-7-19(23)20(22)17(18)8-9-25-16-11-15(12-24-13-16)10-14-4-2-1-3-5-14/h1-7,11,15-16,24H,8-10,12-13H2. The molecule has 0 spiro atoms. The van der Waals surface area contributed by atoms with Crippen molar-refractivity contribution >= 4 is 23.2 Å². The van der Waals surface area contributed by atoms with Crippen molar-refractivity contribution in [1.82, 2.24) is 5.32 Å². The summed E-state index contributed by atoms with van der Waals surface area (Å²) in [4.78, 5) is 0. The Balaban J connectivity index is 1.49. The molecule has 2 atom stereocenters. The van der Waals surface area contributed by atoms with Crippen LogP contribution in [-0.4, -0.2) is 25.8 Å². The summed E-state index contributed by atoms with van der Waals surface area (Å²) in [6.45, 7) is 2.19. The molecule has 1 fully saturated rings. The highest BCUT2D eigenvalue weighted by atomic mass is 35.5. The molecule has 1 aliphatic heterocycles. The fourth-order valence-electron chi connectivity index (χ4n) is 3.13. The molecule has 25 heavy (non-hydrogen) atoms. The zero-order valence-corrected chi connectivity index (χ0v) is 15.4. The van der Waals surface area contributed by atoms with E-state index in [4.69, 9.17) is 27.9 Å². The molecule has 2 unspecified atom stereocenters. The predicted molar refractivity (Wildman–Crippen MR) is 101 cm³/mol. The van der Waals surface area contributed by atoms with Crippen molar-refractivity contribution in [3.05, 3.63) is 75.9 Å². The quantitative estimate of drug-likeness (QED) is 0.731. The summed E-state index contributed by atoms with van der Waals surface area (Å²) >= 11 is 12.1. The van der Waals surface area contributed by atoms with Gasteiger partial charge in [0.05, 0.1) is 17.7 Å². The zero-order chi connectivity index (χ0) is 17.6. The van der Waals surface area contributed by atoms with Crippen LogP contribution in [0, 0.1) is 18.2 Å². The summed E-state index contributed by atoms with van der Waals surface area (Å²) in [6.07, 6.45) is 3.78. The van der Waals surface area contributed by atoms with Crippen molar-refractivity contribution in [3.63, 3.8) is 0 Å². The third-order valence-corrected chi connectivity index (χ3v) is 5.17. The Bertz CT molecular complexity index is 696. The minimum atomic E-state index is -0.449. The smallest absolute Gasteiger partial charge is 0.142 e. The molecular weight excluding hydrogens is 360 g/mol. The molecular formula is C20H21Cl2FNO. The molecule has 2 nitrogen and oxygen atoms in total. The first-order valence-corrected chi connectivity index (χ1v) is 9.22. The van der Waals surface area contributed by atoms with E-state index in [1.807, 2.05) is 6.07 Å². The lowest BCUT2D eigenvalue weighted by molar-refractivity contribution is 0.0586. The Morgan fingerprint density at radius 1 is 1.08 bits per heavy atom. The van der Waals surface area contributed by atoms with E-state index in [2.05, 4.69) is 36.0 Å². The van der Waals surface area contributed by atoms with Crippen LogP contribution in [0.5, 0.6) is 0 Å². The maximum Gasteiger partial charge on any atom is 0.142 e. The number of halogens is 3. The number of piperidine rings is 1. The Hall–Kier alpha value is -1.13. The fraction of sp³-hybridized carbons (Fsp3) is 0.350. The number of benzene rings is 2. The number of hydrogen-bond donors (Lipinski definition) is 1. The van der Waals surface area contributed by atoms with Gasteiger partial charge in [0.15, 0.2) is 0 Å². The molecule has 2 aromatic rings. The third-order valence-electron chi connectivity index (χ3n) is 4.40. The van der Waals surface area contributed by atoms with Gasteiger partial charge in [0.1, 0.15) is 5.82 Å². The van der Waals surface area contributed by atoms with Crippen LogP contribution in [0.2, 0.25) is 10.0 Å². The summed E-state index contributed by atoms with van der Waals surface area (Å²) in [5.74, 6) is -0.0163. The first-order valence-electron chi connectivity index (χ1n) is 8.47. The van der Waals surface area contributed by atoms with Crippen LogP contribution >= 0.6 is 23.2 Å². The van der Waals surface area contributed by atoms with Crippen molar-refractivity contribution in [2.24, 2.45) is 5.92 Å². The van der Waals surface area contributed by atoms with E-state index in [0.717, 1.165) is 19.5 Å². The van der Waals surface area contributed by atoms with Crippen LogP contribution in [0.4, 0.5) is 4.39 Å². The molecule has 0 bridgehead atoms. The maximum atomic E-state index is 13.6. The van der Waals surface area contributed by atoms with Gasteiger partial charge in [-0.15, -0.1) is 0 Å². The van der Waals surface area contributed by atoms with Crippen LogP contribution in [-0.2, 0) is 17.6 Å². The molecule has 0 aliphatic carbocycles. The highest BCUT2D eigenvalue weighted by molar-refractivity contribution is 6.36. The molecule has 3 rings (SSSR count). The van der Waals surface area contributed by atoms with Gasteiger partial charge in [-0.2, -0.15) is 0 Å². The summed E-state index contributed by atoms with van der Waals surface area (Å²) in [5, 5.41) is 3.98. The molecule has 1 radical (unpaired) electrons. The second-order valence-electron chi connectivity index (χ2n) is 6.28. The molecule has 1 heterocycles. The van der Waals surface area contributed by atoms with Crippen LogP contribution in [0.1, 0.15) is 11.1 Å². The van der Waals surface area contributed by atoms with Gasteiger partial charge < -0.3 is 10.1 Å². The number of nitrogens with one attached hydrogen (secondary N) is 1. The highest BCUT2D eigenvalue weighted by Gasteiger charge is 2.23. The van der Waals surface area contributed by atoms with Crippen molar-refractivity contribution in [2.45, 2.75) is 18.9 Å². The summed E-state index contributed by atoms with van der Waals surface area (Å²) < 4.78 is 19.5. The Morgan fingerprint density at radius 2 is 1.88 bits per heavy atom. The van der Waals surface area contributed by atoms with Gasteiger partial charge >= 0.3 is 0 Å². The highest BCUT2D eigenvalue weighted by Crippen LogP contribution is 2.28. The monoisotopic (exact) mass is 380 g/mol. The molecule has 1 saturated heterocycles. The van der Waals surface area contributed by atoms with E-state index in [0.29, 0.717) is 29.5 Å². The SMILES string of the molecule is Fc1ccc(Cl)c(CCOC2[CH]C(Cc3ccccc3)CNC2)c1Cl. The molecule has 133 valence electrons. The fourth-order valence-corrected chi connectivity index (χ4v) is 3.69. The summed E-state index contributed by atoms with van der Waals surface area (Å²) in [7, 11) is 0. The first-order chi connectivity index (χ1) is 12.1. The Kier molecular flexibility index (Phi) is 6.71. The van der Waals surface area contributed by atoms with E-state index in [9.17, 15) is 4.39 Å². The second-order valence-corrected chi connectivity index (χ2v) is 7.07. The molecule has 0 saturated carbocycles. The van der Waals surface area contributed by atoms with Crippen molar-refractivity contribution in [2.75, 3.05) is 19.7 Å². The number of rotatable bonds is 6. The summed E-state index contributed by atoms with van der Waals surface area (Å²) in [5.41, 5.74) is 1.93. The van der Waals surface area contributed by atoms with Crippen LogP contribution in [0.3, 0.4) is 0 Å². The molecule has 2 aromatic carbocycles. The normalized spacial score (nSPS) is 20.6. The van der Waals surface area contributed by atoms with E-state index < -0.39 is 5.82 Å². The molecule has 1 N–H and O–H groups in total. The lowest BCUT2D eigenvalue weighted by Crippen LogP contribution is -2.42. The van der Waals surface area contributed by atoms with Crippen LogP contribution in [0.15, 0.2) is 42.5 Å². The maximum absolute atomic E-state index is 13.6. The predicted octanol–water partition coefficient (Wildman–Crippen LogP) is 4.73. The molecule has 1 aliphatic rings. The van der Waals surface area contributed by atoms with E-state index >= 15 is 0 Å². The Morgan fingerprint density at radius 3 is 2.68 bits per heavy atom. The van der Waals surface area contributed by atoms with Gasteiger partial charge in [-0.05, 0) is 55.0 Å². The number of ether oxygens (including phenoxy) is 1. The average Bonchev–Trinajstić information content (AvgIpc) is 2.62. The van der Waals surface area contributed by atoms with E-state index in [1.165, 1.54) is 17.7 Å². The molecule has 0 amide bonds. The lowest BCUT2D eigenvalue weighted by Gasteiger charge is -2.30. The topological polar surface area (TPSA) is 21.3 Å². The number of hydrogen-bond acceptors (Lipinski definition) is 2. The van der Waals surface area contributed by atoms with Crippen molar-refractivity contribution in [3.8, 4) is 0 Å².